The predicted octanol–water partition coefficient (Wildman–Crippen LogP) is 1.75. The summed E-state index contributed by atoms with van der Waals surface area (Å²) in [6.45, 7) is 0.0481. The number of rotatable bonds is 3. The van der Waals surface area contributed by atoms with Gasteiger partial charge in [-0.15, -0.1) is 0 Å². The Morgan fingerprint density at radius 2 is 1.88 bits per heavy atom. The first-order valence-corrected chi connectivity index (χ1v) is 7.55. The third kappa shape index (κ3) is 3.14. The number of benzene rings is 2. The van der Waals surface area contributed by atoms with Crippen molar-refractivity contribution in [3.05, 3.63) is 64.2 Å². The second kappa shape index (κ2) is 6.60. The molecule has 8 nitrogen and oxygen atoms in total. The lowest BCUT2D eigenvalue weighted by atomic mass is 10.1. The van der Waals surface area contributed by atoms with Crippen LogP contribution in [0.3, 0.4) is 0 Å². The molecular formula is C17H15N3O5. The van der Waals surface area contributed by atoms with Crippen LogP contribution in [0.5, 0.6) is 5.75 Å². The Hall–Kier alpha value is -3.42. The van der Waals surface area contributed by atoms with Crippen LogP contribution in [0.15, 0.2) is 48.5 Å². The molecule has 2 aromatic carbocycles. The second-order valence-corrected chi connectivity index (χ2v) is 5.41. The van der Waals surface area contributed by atoms with Crippen molar-refractivity contribution in [3.63, 3.8) is 0 Å². The third-order valence-corrected chi connectivity index (χ3v) is 3.88. The minimum atomic E-state index is -0.832. The average Bonchev–Trinajstić information content (AvgIpc) is 2.65. The van der Waals surface area contributed by atoms with Gasteiger partial charge >= 0.3 is 0 Å². The number of hydrogen-bond acceptors (Lipinski definition) is 5. The summed E-state index contributed by atoms with van der Waals surface area (Å²) in [4.78, 5) is 36.5. The summed E-state index contributed by atoms with van der Waals surface area (Å²) >= 11 is 0. The van der Waals surface area contributed by atoms with Crippen molar-refractivity contribution >= 4 is 23.2 Å². The Morgan fingerprint density at radius 1 is 1.20 bits per heavy atom. The molecule has 8 heteroatoms. The van der Waals surface area contributed by atoms with Gasteiger partial charge in [-0.2, -0.15) is 0 Å². The van der Waals surface area contributed by atoms with Crippen LogP contribution in [0.2, 0.25) is 0 Å². The van der Waals surface area contributed by atoms with E-state index < -0.39 is 11.0 Å². The summed E-state index contributed by atoms with van der Waals surface area (Å²) in [5.41, 5.74) is 0.742. The molecule has 25 heavy (non-hydrogen) atoms. The van der Waals surface area contributed by atoms with E-state index in [-0.39, 0.29) is 29.6 Å². The topological polar surface area (TPSA) is 102 Å². The van der Waals surface area contributed by atoms with E-state index in [1.54, 1.807) is 24.3 Å². The van der Waals surface area contributed by atoms with Gasteiger partial charge in [0.2, 0.25) is 0 Å². The lowest BCUT2D eigenvalue weighted by molar-refractivity contribution is -0.384. The number of para-hydroxylation sites is 2. The van der Waals surface area contributed by atoms with Gasteiger partial charge in [0.05, 0.1) is 17.2 Å². The highest BCUT2D eigenvalue weighted by Gasteiger charge is 2.33. The number of carbonyl (C=O) groups excluding carboxylic acids is 2. The summed E-state index contributed by atoms with van der Waals surface area (Å²) in [6.07, 6.45) is -0.832. The molecule has 128 valence electrons. The zero-order valence-electron chi connectivity index (χ0n) is 13.3. The number of hydrogen-bond donors (Lipinski definition) is 1. The minimum Gasteiger partial charge on any atom is -0.477 e. The van der Waals surface area contributed by atoms with Crippen molar-refractivity contribution in [2.75, 3.05) is 18.5 Å². The van der Waals surface area contributed by atoms with Crippen molar-refractivity contribution in [3.8, 4) is 5.75 Å². The molecule has 0 saturated heterocycles. The van der Waals surface area contributed by atoms with E-state index >= 15 is 0 Å². The maximum atomic E-state index is 12.9. The number of nitrogens with one attached hydrogen (secondary N) is 1. The van der Waals surface area contributed by atoms with E-state index in [0.717, 1.165) is 0 Å². The van der Waals surface area contributed by atoms with Crippen LogP contribution in [0.4, 0.5) is 11.4 Å². The van der Waals surface area contributed by atoms with E-state index in [1.165, 1.54) is 36.2 Å². The SMILES string of the molecule is CNC(=O)[C@@H]1CN(C(=O)c2ccc([N+](=O)[O-])cc2)c2ccccc2O1. The van der Waals surface area contributed by atoms with Crippen molar-refractivity contribution in [1.29, 1.82) is 0 Å². The molecule has 0 saturated carbocycles. The van der Waals surface area contributed by atoms with Gasteiger partial charge in [0.15, 0.2) is 6.10 Å². The van der Waals surface area contributed by atoms with Gasteiger partial charge in [0, 0.05) is 24.7 Å². The van der Waals surface area contributed by atoms with Crippen molar-refractivity contribution in [2.24, 2.45) is 0 Å². The van der Waals surface area contributed by atoms with Crippen LogP contribution in [0.1, 0.15) is 10.4 Å². The summed E-state index contributed by atoms with van der Waals surface area (Å²) in [7, 11) is 1.49. The van der Waals surface area contributed by atoms with E-state index in [4.69, 9.17) is 4.74 Å². The number of nitro benzene ring substituents is 1. The summed E-state index contributed by atoms with van der Waals surface area (Å²) in [6, 6.07) is 12.3. The second-order valence-electron chi connectivity index (χ2n) is 5.41. The Morgan fingerprint density at radius 3 is 2.52 bits per heavy atom. The van der Waals surface area contributed by atoms with Crippen LogP contribution in [0.25, 0.3) is 0 Å². The largest absolute Gasteiger partial charge is 0.477 e. The van der Waals surface area contributed by atoms with Gasteiger partial charge in [-0.05, 0) is 24.3 Å². The third-order valence-electron chi connectivity index (χ3n) is 3.88. The number of fused-ring (bicyclic) bond motifs is 1. The molecule has 1 N–H and O–H groups in total. The highest BCUT2D eigenvalue weighted by atomic mass is 16.6. The molecule has 2 amide bonds. The highest BCUT2D eigenvalue weighted by molar-refractivity contribution is 6.08. The van der Waals surface area contributed by atoms with Crippen LogP contribution in [-0.2, 0) is 4.79 Å². The maximum Gasteiger partial charge on any atom is 0.269 e. The number of carbonyl (C=O) groups is 2. The molecule has 1 heterocycles. The summed E-state index contributed by atoms with van der Waals surface area (Å²) < 4.78 is 5.66. The van der Waals surface area contributed by atoms with Crippen LogP contribution >= 0.6 is 0 Å². The molecule has 2 aromatic rings. The highest BCUT2D eigenvalue weighted by Crippen LogP contribution is 2.34. The zero-order valence-corrected chi connectivity index (χ0v) is 13.3. The van der Waals surface area contributed by atoms with Crippen LogP contribution < -0.4 is 15.0 Å². The fourth-order valence-electron chi connectivity index (χ4n) is 2.61. The normalized spacial score (nSPS) is 15.7. The molecule has 0 aromatic heterocycles. The molecule has 0 bridgehead atoms. The number of nitrogens with zero attached hydrogens (tertiary/aromatic N) is 2. The van der Waals surface area contributed by atoms with Gasteiger partial charge in [0.25, 0.3) is 17.5 Å². The van der Waals surface area contributed by atoms with Gasteiger partial charge in [0.1, 0.15) is 5.75 Å². The number of likely N-dealkylation sites (N-methyl/N-ethyl adjacent to an activating group) is 1. The van der Waals surface area contributed by atoms with Crippen LogP contribution in [0, 0.1) is 10.1 Å². The van der Waals surface area contributed by atoms with Crippen molar-refractivity contribution in [1.82, 2.24) is 5.32 Å². The number of non-ortho nitro benzene ring substituents is 1. The first-order valence-electron chi connectivity index (χ1n) is 7.55. The maximum absolute atomic E-state index is 12.9. The fourth-order valence-corrected chi connectivity index (χ4v) is 2.61. The first kappa shape index (κ1) is 16.4. The predicted molar refractivity (Wildman–Crippen MR) is 89.7 cm³/mol. The van der Waals surface area contributed by atoms with Crippen molar-refractivity contribution in [2.45, 2.75) is 6.10 Å². The molecule has 0 aliphatic carbocycles. The molecule has 1 aliphatic heterocycles. The van der Waals surface area contributed by atoms with E-state index in [1.807, 2.05) is 0 Å². The van der Waals surface area contributed by atoms with E-state index in [0.29, 0.717) is 11.4 Å². The Bertz CT molecular complexity index is 834. The summed E-state index contributed by atoms with van der Waals surface area (Å²) in [5.74, 6) is -0.270. The molecule has 3 rings (SSSR count). The Kier molecular flexibility index (Phi) is 4.34. The molecule has 0 unspecified atom stereocenters. The molecule has 0 radical (unpaired) electrons. The lowest BCUT2D eigenvalue weighted by Crippen LogP contribution is -2.50. The number of anilines is 1. The summed E-state index contributed by atoms with van der Waals surface area (Å²) in [5, 5.41) is 13.3. The number of amides is 2. The quantitative estimate of drug-likeness (QED) is 0.677. The molecule has 1 aliphatic rings. The van der Waals surface area contributed by atoms with Gasteiger partial charge < -0.3 is 15.0 Å². The van der Waals surface area contributed by atoms with E-state index in [9.17, 15) is 19.7 Å². The van der Waals surface area contributed by atoms with Crippen LogP contribution in [-0.4, -0.2) is 36.4 Å². The number of nitro groups is 1. The fraction of sp³-hybridized carbons (Fsp3) is 0.176. The van der Waals surface area contributed by atoms with Gasteiger partial charge in [-0.3, -0.25) is 19.7 Å². The van der Waals surface area contributed by atoms with Crippen molar-refractivity contribution < 1.29 is 19.2 Å². The average molecular weight is 341 g/mol. The Balaban J connectivity index is 1.94. The molecule has 0 fully saturated rings. The minimum absolute atomic E-state index is 0.0481. The lowest BCUT2D eigenvalue weighted by Gasteiger charge is -2.34. The van der Waals surface area contributed by atoms with E-state index in [2.05, 4.69) is 5.32 Å². The van der Waals surface area contributed by atoms with Gasteiger partial charge in [-0.1, -0.05) is 12.1 Å². The first-order chi connectivity index (χ1) is 12.0. The monoisotopic (exact) mass is 341 g/mol. The molecule has 0 spiro atoms. The van der Waals surface area contributed by atoms with Gasteiger partial charge in [-0.25, -0.2) is 0 Å². The zero-order chi connectivity index (χ0) is 18.0. The number of ether oxygens (including phenoxy) is 1. The molecular weight excluding hydrogens is 326 g/mol. The molecule has 1 atom stereocenters. The standard InChI is InChI=1S/C17H15N3O5/c1-18-16(21)15-10-19(13-4-2-3-5-14(13)25-15)17(22)11-6-8-12(9-7-11)20(23)24/h2-9,15H,10H2,1H3,(H,18,21)/t15-/m0/s1. The smallest absolute Gasteiger partial charge is 0.269 e. The Labute approximate surface area is 143 Å².